The minimum atomic E-state index is 0.784. The van der Waals surface area contributed by atoms with Crippen molar-refractivity contribution in [1.29, 1.82) is 0 Å². The quantitative estimate of drug-likeness (QED) is 0.541. The topological polar surface area (TPSA) is 24.1 Å². The van der Waals surface area contributed by atoms with Crippen molar-refractivity contribution in [2.24, 2.45) is 0 Å². The summed E-state index contributed by atoms with van der Waals surface area (Å²) in [5, 5.41) is 7.22. The van der Waals surface area contributed by atoms with Gasteiger partial charge in [-0.1, -0.05) is 6.42 Å². The van der Waals surface area contributed by atoms with Crippen molar-refractivity contribution in [2.45, 2.75) is 44.2 Å². The molecular weight excluding hydrogens is 136 g/mol. The maximum atomic E-state index is 3.62. The lowest BCUT2D eigenvalue weighted by atomic mass is 9.96. The molecule has 0 radical (unpaired) electrons. The van der Waals surface area contributed by atoms with E-state index in [1.54, 1.807) is 0 Å². The van der Waals surface area contributed by atoms with Gasteiger partial charge in [-0.15, -0.1) is 0 Å². The zero-order valence-electron chi connectivity index (χ0n) is 7.10. The molecule has 0 aromatic heterocycles. The smallest absolute Gasteiger partial charge is 0.0221 e. The Bertz CT molecular complexity index is 111. The molecular formula is C9H18N2. The van der Waals surface area contributed by atoms with E-state index in [-0.39, 0.29) is 0 Å². The molecule has 2 aliphatic rings. The minimum Gasteiger partial charge on any atom is -0.312 e. The summed E-state index contributed by atoms with van der Waals surface area (Å²) < 4.78 is 0. The van der Waals surface area contributed by atoms with Gasteiger partial charge in [-0.05, 0) is 38.8 Å². The first-order valence-corrected chi connectivity index (χ1v) is 4.93. The zero-order chi connectivity index (χ0) is 7.52. The summed E-state index contributed by atoms with van der Waals surface area (Å²) in [6.07, 6.45) is 6.90. The predicted octanol–water partition coefficient (Wildman–Crippen LogP) is 0.880. The Hall–Kier alpha value is -0.0800. The molecule has 2 heteroatoms. The third kappa shape index (κ3) is 1.74. The molecule has 0 aromatic rings. The van der Waals surface area contributed by atoms with Crippen LogP contribution < -0.4 is 10.6 Å². The first-order valence-electron chi connectivity index (χ1n) is 4.93. The Morgan fingerprint density at radius 1 is 0.727 bits per heavy atom. The molecule has 2 nitrogen and oxygen atoms in total. The van der Waals surface area contributed by atoms with Crippen LogP contribution in [0.3, 0.4) is 0 Å². The fourth-order valence-corrected chi connectivity index (χ4v) is 2.28. The molecule has 2 saturated heterocycles. The highest BCUT2D eigenvalue weighted by molar-refractivity contribution is 4.88. The number of hydrogen-bond donors (Lipinski definition) is 2. The molecule has 0 spiro atoms. The molecule has 2 fully saturated rings. The Labute approximate surface area is 68.7 Å². The summed E-state index contributed by atoms with van der Waals surface area (Å²) in [4.78, 5) is 0. The Balaban J connectivity index is 1.93. The van der Waals surface area contributed by atoms with Gasteiger partial charge in [-0.3, -0.25) is 0 Å². The highest BCUT2D eigenvalue weighted by Gasteiger charge is 2.24. The first kappa shape index (κ1) is 7.56. The molecule has 2 rings (SSSR count). The van der Waals surface area contributed by atoms with Crippen LogP contribution in [-0.4, -0.2) is 25.2 Å². The highest BCUT2D eigenvalue weighted by Crippen LogP contribution is 2.16. The summed E-state index contributed by atoms with van der Waals surface area (Å²) in [6.45, 7) is 2.48. The molecule has 11 heavy (non-hydrogen) atoms. The van der Waals surface area contributed by atoms with Gasteiger partial charge in [-0.25, -0.2) is 0 Å². The van der Waals surface area contributed by atoms with Crippen molar-refractivity contribution >= 4 is 0 Å². The molecule has 2 aliphatic heterocycles. The molecule has 0 aromatic carbocycles. The molecule has 0 aliphatic carbocycles. The van der Waals surface area contributed by atoms with E-state index in [9.17, 15) is 0 Å². The van der Waals surface area contributed by atoms with Gasteiger partial charge in [0.05, 0.1) is 0 Å². The fraction of sp³-hybridized carbons (Fsp3) is 1.00. The van der Waals surface area contributed by atoms with E-state index in [4.69, 9.17) is 0 Å². The average molecular weight is 154 g/mol. The Morgan fingerprint density at radius 2 is 1.36 bits per heavy atom. The lowest BCUT2D eigenvalue weighted by Crippen LogP contribution is -2.50. The van der Waals surface area contributed by atoms with Crippen molar-refractivity contribution < 1.29 is 0 Å². The third-order valence-corrected chi connectivity index (χ3v) is 2.93. The monoisotopic (exact) mass is 154 g/mol. The van der Waals surface area contributed by atoms with Gasteiger partial charge in [0.2, 0.25) is 0 Å². The molecule has 0 amide bonds. The van der Waals surface area contributed by atoms with E-state index >= 15 is 0 Å². The van der Waals surface area contributed by atoms with Crippen LogP contribution in [0.2, 0.25) is 0 Å². The van der Waals surface area contributed by atoms with Crippen LogP contribution in [0.25, 0.3) is 0 Å². The van der Waals surface area contributed by atoms with Crippen LogP contribution in [0.15, 0.2) is 0 Å². The molecule has 0 bridgehead atoms. The van der Waals surface area contributed by atoms with Crippen molar-refractivity contribution in [2.75, 3.05) is 13.1 Å². The molecule has 0 saturated carbocycles. The summed E-state index contributed by atoms with van der Waals surface area (Å²) >= 11 is 0. The average Bonchev–Trinajstić information content (AvgIpc) is 2.28. The number of hydrogen-bond acceptors (Lipinski definition) is 2. The van der Waals surface area contributed by atoms with E-state index in [2.05, 4.69) is 10.6 Å². The van der Waals surface area contributed by atoms with Gasteiger partial charge in [0, 0.05) is 12.1 Å². The number of rotatable bonds is 0. The number of nitrogens with one attached hydrogen (secondary N) is 2. The Kier molecular flexibility index (Phi) is 2.44. The summed E-state index contributed by atoms with van der Waals surface area (Å²) in [5.41, 5.74) is 0. The van der Waals surface area contributed by atoms with E-state index < -0.39 is 0 Å². The van der Waals surface area contributed by atoms with Crippen molar-refractivity contribution in [1.82, 2.24) is 10.6 Å². The van der Waals surface area contributed by atoms with E-state index in [0.29, 0.717) is 0 Å². The molecule has 2 heterocycles. The van der Waals surface area contributed by atoms with Crippen LogP contribution >= 0.6 is 0 Å². The maximum Gasteiger partial charge on any atom is 0.0221 e. The van der Waals surface area contributed by atoms with E-state index in [1.807, 2.05) is 0 Å². The summed E-state index contributed by atoms with van der Waals surface area (Å²) in [7, 11) is 0. The maximum absolute atomic E-state index is 3.62. The SMILES string of the molecule is C1CCC2NCCCC2NC1. The lowest BCUT2D eigenvalue weighted by molar-refractivity contribution is 0.308. The van der Waals surface area contributed by atoms with Crippen LogP contribution in [0.1, 0.15) is 32.1 Å². The van der Waals surface area contributed by atoms with Gasteiger partial charge in [0.15, 0.2) is 0 Å². The predicted molar refractivity (Wildman–Crippen MR) is 46.7 cm³/mol. The van der Waals surface area contributed by atoms with Gasteiger partial charge < -0.3 is 10.6 Å². The molecule has 2 unspecified atom stereocenters. The molecule has 2 N–H and O–H groups in total. The van der Waals surface area contributed by atoms with Crippen molar-refractivity contribution in [3.05, 3.63) is 0 Å². The third-order valence-electron chi connectivity index (χ3n) is 2.93. The van der Waals surface area contributed by atoms with Crippen LogP contribution in [-0.2, 0) is 0 Å². The summed E-state index contributed by atoms with van der Waals surface area (Å²) in [6, 6.07) is 1.57. The van der Waals surface area contributed by atoms with Crippen molar-refractivity contribution in [3.63, 3.8) is 0 Å². The van der Waals surface area contributed by atoms with Crippen LogP contribution in [0.5, 0.6) is 0 Å². The van der Waals surface area contributed by atoms with Crippen LogP contribution in [0, 0.1) is 0 Å². The molecule has 64 valence electrons. The second-order valence-corrected chi connectivity index (χ2v) is 3.76. The normalized spacial score (nSPS) is 39.3. The van der Waals surface area contributed by atoms with Gasteiger partial charge in [-0.2, -0.15) is 0 Å². The van der Waals surface area contributed by atoms with E-state index in [1.165, 1.54) is 45.2 Å². The number of piperidine rings is 1. The first-order chi connectivity index (χ1) is 5.47. The largest absolute Gasteiger partial charge is 0.312 e. The fourth-order valence-electron chi connectivity index (χ4n) is 2.28. The zero-order valence-corrected chi connectivity index (χ0v) is 7.10. The lowest BCUT2D eigenvalue weighted by Gasteiger charge is -2.31. The Morgan fingerprint density at radius 3 is 2.18 bits per heavy atom. The molecule has 2 atom stereocenters. The van der Waals surface area contributed by atoms with Crippen LogP contribution in [0.4, 0.5) is 0 Å². The van der Waals surface area contributed by atoms with E-state index in [0.717, 1.165) is 12.1 Å². The summed E-state index contributed by atoms with van der Waals surface area (Å²) in [5.74, 6) is 0. The highest BCUT2D eigenvalue weighted by atomic mass is 15.0. The second-order valence-electron chi connectivity index (χ2n) is 3.76. The van der Waals surface area contributed by atoms with Gasteiger partial charge >= 0.3 is 0 Å². The minimum absolute atomic E-state index is 0.784. The number of fused-ring (bicyclic) bond motifs is 1. The standard InChI is InChI=1S/C9H18N2/c1-2-6-10-9-5-3-7-11-8(9)4-1/h8-11H,1-7H2. The van der Waals surface area contributed by atoms with Gasteiger partial charge in [0.25, 0.3) is 0 Å². The van der Waals surface area contributed by atoms with Gasteiger partial charge in [0.1, 0.15) is 0 Å². The van der Waals surface area contributed by atoms with Crippen molar-refractivity contribution in [3.8, 4) is 0 Å². The second kappa shape index (κ2) is 3.55.